The number of likely N-dealkylation sites (tertiary alicyclic amines) is 1. The first-order valence-electron chi connectivity index (χ1n) is 10.8. The van der Waals surface area contributed by atoms with E-state index in [0.717, 1.165) is 57.5 Å². The highest BCUT2D eigenvalue weighted by Crippen LogP contribution is 2.30. The number of benzene rings is 1. The second-order valence-electron chi connectivity index (χ2n) is 8.35. The molecule has 0 bridgehead atoms. The molecule has 0 unspecified atom stereocenters. The maximum atomic E-state index is 12.8. The molecule has 7 nitrogen and oxygen atoms in total. The standard InChI is InChI=1S/C22H30N4O3/c27-20(25-10-2-1-3-11-25)16-24-12-14-26(15-13-24)22(29)18-6-8-19(9-7-18)23-21(28)17-4-5-17/h6-9,17H,1-5,10-16H2,(H,23,28). The van der Waals surface area contributed by atoms with Gasteiger partial charge in [-0.05, 0) is 56.4 Å². The number of piperidine rings is 1. The SMILES string of the molecule is O=C(Nc1ccc(C(=O)N2CCN(CC(=O)N3CCCCC3)CC2)cc1)C1CC1. The molecule has 2 saturated heterocycles. The molecule has 0 atom stereocenters. The van der Waals surface area contributed by atoms with Crippen molar-refractivity contribution < 1.29 is 14.4 Å². The zero-order chi connectivity index (χ0) is 20.2. The van der Waals surface area contributed by atoms with E-state index >= 15 is 0 Å². The van der Waals surface area contributed by atoms with Gasteiger partial charge in [-0.15, -0.1) is 0 Å². The van der Waals surface area contributed by atoms with Crippen molar-refractivity contribution in [1.29, 1.82) is 0 Å². The van der Waals surface area contributed by atoms with Gasteiger partial charge in [0.1, 0.15) is 0 Å². The fourth-order valence-corrected chi connectivity index (χ4v) is 4.01. The normalized spacial score (nSPS) is 20.4. The van der Waals surface area contributed by atoms with Gasteiger partial charge in [0.05, 0.1) is 6.54 Å². The average Bonchev–Trinajstić information content (AvgIpc) is 3.60. The van der Waals surface area contributed by atoms with Gasteiger partial charge in [-0.25, -0.2) is 0 Å². The number of carbonyl (C=O) groups excluding carboxylic acids is 3. The largest absolute Gasteiger partial charge is 0.342 e. The molecular formula is C22H30N4O3. The maximum absolute atomic E-state index is 12.8. The summed E-state index contributed by atoms with van der Waals surface area (Å²) in [7, 11) is 0. The Balaban J connectivity index is 1.24. The van der Waals surface area contributed by atoms with Crippen molar-refractivity contribution in [3.05, 3.63) is 29.8 Å². The number of carbonyl (C=O) groups is 3. The van der Waals surface area contributed by atoms with Crippen LogP contribution in [0.25, 0.3) is 0 Å². The summed E-state index contributed by atoms with van der Waals surface area (Å²) < 4.78 is 0. The lowest BCUT2D eigenvalue weighted by molar-refractivity contribution is -0.133. The Hall–Kier alpha value is -2.41. The van der Waals surface area contributed by atoms with Gasteiger partial charge in [0.25, 0.3) is 5.91 Å². The van der Waals surface area contributed by atoms with Crippen LogP contribution in [0.4, 0.5) is 5.69 Å². The highest BCUT2D eigenvalue weighted by atomic mass is 16.2. The topological polar surface area (TPSA) is 73.0 Å². The van der Waals surface area contributed by atoms with Gasteiger partial charge in [-0.3, -0.25) is 19.3 Å². The van der Waals surface area contributed by atoms with E-state index in [4.69, 9.17) is 0 Å². The van der Waals surface area contributed by atoms with Crippen LogP contribution in [0.5, 0.6) is 0 Å². The summed E-state index contributed by atoms with van der Waals surface area (Å²) in [5, 5.41) is 2.89. The monoisotopic (exact) mass is 398 g/mol. The second kappa shape index (κ2) is 8.95. The molecule has 1 aromatic rings. The molecule has 4 rings (SSSR count). The molecule has 1 aliphatic carbocycles. The molecule has 3 amide bonds. The van der Waals surface area contributed by atoms with Crippen LogP contribution in [-0.4, -0.2) is 78.2 Å². The van der Waals surface area contributed by atoms with Crippen molar-refractivity contribution in [2.75, 3.05) is 51.1 Å². The van der Waals surface area contributed by atoms with Crippen molar-refractivity contribution in [1.82, 2.24) is 14.7 Å². The highest BCUT2D eigenvalue weighted by molar-refractivity contribution is 5.96. The Kier molecular flexibility index (Phi) is 6.13. The van der Waals surface area contributed by atoms with Gasteiger partial charge in [-0.1, -0.05) is 0 Å². The minimum Gasteiger partial charge on any atom is -0.342 e. The summed E-state index contributed by atoms with van der Waals surface area (Å²) in [5.41, 5.74) is 1.37. The van der Waals surface area contributed by atoms with E-state index in [0.29, 0.717) is 25.2 Å². The highest BCUT2D eigenvalue weighted by Gasteiger charge is 2.29. The lowest BCUT2D eigenvalue weighted by Crippen LogP contribution is -2.52. The van der Waals surface area contributed by atoms with E-state index in [2.05, 4.69) is 10.2 Å². The third kappa shape index (κ3) is 5.15. The van der Waals surface area contributed by atoms with E-state index in [-0.39, 0.29) is 23.6 Å². The Bertz CT molecular complexity index is 746. The number of nitrogens with zero attached hydrogens (tertiary/aromatic N) is 3. The number of anilines is 1. The van der Waals surface area contributed by atoms with Crippen LogP contribution in [-0.2, 0) is 9.59 Å². The van der Waals surface area contributed by atoms with E-state index in [1.807, 2.05) is 9.80 Å². The summed E-state index contributed by atoms with van der Waals surface area (Å²) in [6.45, 7) is 4.93. The van der Waals surface area contributed by atoms with E-state index in [9.17, 15) is 14.4 Å². The van der Waals surface area contributed by atoms with Gasteiger partial charge < -0.3 is 15.1 Å². The van der Waals surface area contributed by atoms with Gasteiger partial charge in [0, 0.05) is 56.4 Å². The quantitative estimate of drug-likeness (QED) is 0.821. The van der Waals surface area contributed by atoms with E-state index in [1.165, 1.54) is 6.42 Å². The Morgan fingerprint density at radius 3 is 2.10 bits per heavy atom. The van der Waals surface area contributed by atoms with Crippen LogP contribution in [0.2, 0.25) is 0 Å². The zero-order valence-electron chi connectivity index (χ0n) is 16.9. The predicted molar refractivity (Wildman–Crippen MR) is 111 cm³/mol. The van der Waals surface area contributed by atoms with Crippen molar-refractivity contribution in [2.45, 2.75) is 32.1 Å². The molecule has 156 valence electrons. The molecule has 0 aromatic heterocycles. The van der Waals surface area contributed by atoms with Crippen molar-refractivity contribution >= 4 is 23.4 Å². The third-order valence-electron chi connectivity index (χ3n) is 6.07. The van der Waals surface area contributed by atoms with Crippen molar-refractivity contribution in [3.8, 4) is 0 Å². The first-order chi connectivity index (χ1) is 14.1. The smallest absolute Gasteiger partial charge is 0.253 e. The van der Waals surface area contributed by atoms with E-state index in [1.54, 1.807) is 24.3 Å². The Labute approximate surface area is 172 Å². The van der Waals surface area contributed by atoms with Crippen LogP contribution in [0.3, 0.4) is 0 Å². The molecule has 3 aliphatic rings. The summed E-state index contributed by atoms with van der Waals surface area (Å²) >= 11 is 0. The summed E-state index contributed by atoms with van der Waals surface area (Å²) in [4.78, 5) is 43.0. The molecule has 1 aromatic carbocycles. The van der Waals surface area contributed by atoms with Gasteiger partial charge in [0.15, 0.2) is 0 Å². The third-order valence-corrected chi connectivity index (χ3v) is 6.07. The van der Waals surface area contributed by atoms with Crippen molar-refractivity contribution in [3.63, 3.8) is 0 Å². The molecule has 29 heavy (non-hydrogen) atoms. The lowest BCUT2D eigenvalue weighted by atomic mass is 10.1. The summed E-state index contributed by atoms with van der Waals surface area (Å²) in [5.74, 6) is 0.453. The summed E-state index contributed by atoms with van der Waals surface area (Å²) in [6, 6.07) is 7.14. The summed E-state index contributed by atoms with van der Waals surface area (Å²) in [6.07, 6.45) is 5.38. The van der Waals surface area contributed by atoms with Gasteiger partial charge in [-0.2, -0.15) is 0 Å². The van der Waals surface area contributed by atoms with Gasteiger partial charge >= 0.3 is 0 Å². The van der Waals surface area contributed by atoms with Crippen molar-refractivity contribution in [2.24, 2.45) is 5.92 Å². The maximum Gasteiger partial charge on any atom is 0.253 e. The molecule has 1 N–H and O–H groups in total. The molecule has 1 saturated carbocycles. The minimum atomic E-state index is 0.00655. The number of nitrogens with one attached hydrogen (secondary N) is 1. The second-order valence-corrected chi connectivity index (χ2v) is 8.35. The first-order valence-corrected chi connectivity index (χ1v) is 10.8. The molecule has 3 fully saturated rings. The number of hydrogen-bond acceptors (Lipinski definition) is 4. The predicted octanol–water partition coefficient (Wildman–Crippen LogP) is 1.81. The fourth-order valence-electron chi connectivity index (χ4n) is 4.01. The molecular weight excluding hydrogens is 368 g/mol. The number of hydrogen-bond donors (Lipinski definition) is 1. The molecule has 7 heteroatoms. The zero-order valence-corrected chi connectivity index (χ0v) is 16.9. The van der Waals surface area contributed by atoms with Crippen LogP contribution in [0.15, 0.2) is 24.3 Å². The first kappa shape index (κ1) is 19.9. The molecule has 0 radical (unpaired) electrons. The Morgan fingerprint density at radius 2 is 1.48 bits per heavy atom. The molecule has 0 spiro atoms. The molecule has 2 heterocycles. The van der Waals surface area contributed by atoms with Crippen LogP contribution >= 0.6 is 0 Å². The minimum absolute atomic E-state index is 0.00655. The fraction of sp³-hybridized carbons (Fsp3) is 0.591. The number of rotatable bonds is 5. The van der Waals surface area contributed by atoms with Crippen LogP contribution in [0.1, 0.15) is 42.5 Å². The lowest BCUT2D eigenvalue weighted by Gasteiger charge is -2.36. The average molecular weight is 399 g/mol. The van der Waals surface area contributed by atoms with Crippen LogP contribution in [0, 0.1) is 5.92 Å². The number of piperazine rings is 1. The van der Waals surface area contributed by atoms with Gasteiger partial charge in [0.2, 0.25) is 11.8 Å². The molecule has 2 aliphatic heterocycles. The number of amides is 3. The van der Waals surface area contributed by atoms with E-state index < -0.39 is 0 Å². The van der Waals surface area contributed by atoms with Crippen LogP contribution < -0.4 is 5.32 Å². The Morgan fingerprint density at radius 1 is 0.828 bits per heavy atom.